The first-order valence-corrected chi connectivity index (χ1v) is 7.10. The van der Waals surface area contributed by atoms with Crippen LogP contribution < -0.4 is 0 Å². The summed E-state index contributed by atoms with van der Waals surface area (Å²) < 4.78 is 6.07. The number of carbonyl (C=O) groups is 1. The van der Waals surface area contributed by atoms with Crippen LogP contribution in [-0.2, 0) is 9.53 Å². The van der Waals surface area contributed by atoms with Crippen LogP contribution in [0, 0.1) is 11.8 Å². The van der Waals surface area contributed by atoms with E-state index in [9.17, 15) is 9.90 Å². The first-order valence-electron chi connectivity index (χ1n) is 7.10. The molecule has 5 atom stereocenters. The van der Waals surface area contributed by atoms with Crippen molar-refractivity contribution in [1.29, 1.82) is 0 Å². The lowest BCUT2D eigenvalue weighted by Gasteiger charge is -2.29. The molecule has 0 bridgehead atoms. The van der Waals surface area contributed by atoms with Gasteiger partial charge in [-0.3, -0.25) is 0 Å². The maximum absolute atomic E-state index is 11.2. The summed E-state index contributed by atoms with van der Waals surface area (Å²) in [6, 6.07) is 0. The van der Waals surface area contributed by atoms with E-state index in [1.54, 1.807) is 0 Å². The van der Waals surface area contributed by atoms with E-state index in [4.69, 9.17) is 9.84 Å². The van der Waals surface area contributed by atoms with Crippen molar-refractivity contribution in [1.82, 2.24) is 0 Å². The van der Waals surface area contributed by atoms with Crippen molar-refractivity contribution < 1.29 is 19.7 Å². The lowest BCUT2D eigenvalue weighted by molar-refractivity contribution is -0.133. The van der Waals surface area contributed by atoms with Gasteiger partial charge in [-0.05, 0) is 50.9 Å². The van der Waals surface area contributed by atoms with Crippen LogP contribution in [0.5, 0.6) is 0 Å². The molecular formula is C15H22O4. The van der Waals surface area contributed by atoms with Crippen molar-refractivity contribution in [3.63, 3.8) is 0 Å². The second-order valence-corrected chi connectivity index (χ2v) is 6.80. The molecule has 4 heteroatoms. The van der Waals surface area contributed by atoms with Crippen molar-refractivity contribution in [3.8, 4) is 0 Å². The van der Waals surface area contributed by atoms with Gasteiger partial charge in [-0.15, -0.1) is 0 Å². The van der Waals surface area contributed by atoms with Gasteiger partial charge in [0.2, 0.25) is 0 Å². The zero-order valence-corrected chi connectivity index (χ0v) is 11.6. The Morgan fingerprint density at radius 1 is 1.37 bits per heavy atom. The molecule has 2 aliphatic carbocycles. The van der Waals surface area contributed by atoms with Gasteiger partial charge in [0.15, 0.2) is 0 Å². The SMILES string of the molecule is C=C(C(=O)O)C1CCC(C)C23CCC(C)(O)C2(C1)O3. The summed E-state index contributed by atoms with van der Waals surface area (Å²) in [4.78, 5) is 11.2. The van der Waals surface area contributed by atoms with E-state index in [2.05, 4.69) is 13.5 Å². The van der Waals surface area contributed by atoms with E-state index in [1.165, 1.54) is 0 Å². The topological polar surface area (TPSA) is 70.1 Å². The average Bonchev–Trinajstić information content (AvgIpc) is 2.97. The summed E-state index contributed by atoms with van der Waals surface area (Å²) in [6.45, 7) is 7.71. The Kier molecular flexibility index (Phi) is 2.50. The zero-order valence-electron chi connectivity index (χ0n) is 11.6. The number of epoxide rings is 1. The van der Waals surface area contributed by atoms with Crippen molar-refractivity contribution in [3.05, 3.63) is 12.2 Å². The maximum Gasteiger partial charge on any atom is 0.331 e. The highest BCUT2D eigenvalue weighted by Gasteiger charge is 2.82. The molecule has 106 valence electrons. The third kappa shape index (κ3) is 1.44. The minimum atomic E-state index is -0.931. The molecule has 3 rings (SSSR count). The Morgan fingerprint density at radius 2 is 2.05 bits per heavy atom. The van der Waals surface area contributed by atoms with Crippen LogP contribution in [0.4, 0.5) is 0 Å². The van der Waals surface area contributed by atoms with Gasteiger partial charge < -0.3 is 14.9 Å². The number of aliphatic carboxylic acids is 1. The van der Waals surface area contributed by atoms with Crippen LogP contribution in [0.15, 0.2) is 12.2 Å². The molecule has 0 spiro atoms. The van der Waals surface area contributed by atoms with Crippen LogP contribution in [-0.4, -0.2) is 33.0 Å². The number of ether oxygens (including phenoxy) is 1. The molecule has 0 aromatic rings. The molecule has 0 radical (unpaired) electrons. The largest absolute Gasteiger partial charge is 0.478 e. The predicted octanol–water partition coefficient (Wildman–Crippen LogP) is 2.12. The second-order valence-electron chi connectivity index (χ2n) is 6.80. The molecule has 1 saturated heterocycles. The molecule has 1 heterocycles. The van der Waals surface area contributed by atoms with E-state index in [0.29, 0.717) is 12.3 Å². The van der Waals surface area contributed by atoms with Gasteiger partial charge in [0.05, 0.1) is 5.60 Å². The van der Waals surface area contributed by atoms with Crippen LogP contribution in [0.2, 0.25) is 0 Å². The fourth-order valence-corrected chi connectivity index (χ4v) is 4.52. The zero-order chi connectivity index (χ0) is 14.1. The number of hydrogen-bond donors (Lipinski definition) is 2. The Morgan fingerprint density at radius 3 is 2.68 bits per heavy atom. The van der Waals surface area contributed by atoms with Gasteiger partial charge in [-0.1, -0.05) is 13.5 Å². The van der Waals surface area contributed by atoms with Gasteiger partial charge >= 0.3 is 5.97 Å². The highest BCUT2D eigenvalue weighted by Crippen LogP contribution is 2.71. The molecule has 2 saturated carbocycles. The monoisotopic (exact) mass is 266 g/mol. The Balaban J connectivity index is 1.94. The lowest BCUT2D eigenvalue weighted by Crippen LogP contribution is -2.43. The molecule has 2 N–H and O–H groups in total. The van der Waals surface area contributed by atoms with Crippen LogP contribution in [0.25, 0.3) is 0 Å². The number of hydrogen-bond acceptors (Lipinski definition) is 3. The lowest BCUT2D eigenvalue weighted by atomic mass is 9.77. The molecule has 0 amide bonds. The third-order valence-corrected chi connectivity index (χ3v) is 5.90. The van der Waals surface area contributed by atoms with E-state index in [1.807, 2.05) is 6.92 Å². The van der Waals surface area contributed by atoms with E-state index < -0.39 is 17.2 Å². The van der Waals surface area contributed by atoms with E-state index in [-0.39, 0.29) is 17.1 Å². The van der Waals surface area contributed by atoms with Crippen LogP contribution >= 0.6 is 0 Å². The fraction of sp³-hybridized carbons (Fsp3) is 0.800. The normalized spacial score (nSPS) is 51.9. The van der Waals surface area contributed by atoms with Crippen LogP contribution in [0.1, 0.15) is 46.0 Å². The summed E-state index contributed by atoms with van der Waals surface area (Å²) in [5.41, 5.74) is -1.35. The van der Waals surface area contributed by atoms with Crippen LogP contribution in [0.3, 0.4) is 0 Å². The molecule has 0 aromatic heterocycles. The first-order chi connectivity index (χ1) is 8.76. The van der Waals surface area contributed by atoms with Gasteiger partial charge in [0, 0.05) is 5.57 Å². The minimum absolute atomic E-state index is 0.0890. The van der Waals surface area contributed by atoms with Crippen molar-refractivity contribution in [2.24, 2.45) is 11.8 Å². The molecule has 3 aliphatic rings. The number of carboxylic acids is 1. The smallest absolute Gasteiger partial charge is 0.331 e. The van der Waals surface area contributed by atoms with Gasteiger partial charge in [0.25, 0.3) is 0 Å². The van der Waals surface area contributed by atoms with Gasteiger partial charge in [0.1, 0.15) is 11.2 Å². The highest BCUT2D eigenvalue weighted by molar-refractivity contribution is 5.86. The highest BCUT2D eigenvalue weighted by atomic mass is 16.6. The number of rotatable bonds is 2. The Labute approximate surface area is 113 Å². The fourth-order valence-electron chi connectivity index (χ4n) is 4.52. The summed E-state index contributed by atoms with van der Waals surface area (Å²) in [5.74, 6) is -0.651. The first kappa shape index (κ1) is 13.1. The van der Waals surface area contributed by atoms with Gasteiger partial charge in [-0.25, -0.2) is 4.79 Å². The molecule has 4 nitrogen and oxygen atoms in total. The molecule has 0 aromatic carbocycles. The van der Waals surface area contributed by atoms with Crippen molar-refractivity contribution >= 4 is 5.97 Å². The summed E-state index contributed by atoms with van der Waals surface area (Å²) in [5, 5.41) is 19.8. The molecular weight excluding hydrogens is 244 g/mol. The number of carboxylic acid groups (broad SMARTS) is 1. The van der Waals surface area contributed by atoms with E-state index in [0.717, 1.165) is 25.7 Å². The second kappa shape index (κ2) is 3.61. The molecule has 3 fully saturated rings. The number of aliphatic hydroxyl groups is 1. The summed E-state index contributed by atoms with van der Waals surface area (Å²) in [7, 11) is 0. The van der Waals surface area contributed by atoms with Crippen molar-refractivity contribution in [2.45, 2.75) is 62.8 Å². The summed E-state index contributed by atoms with van der Waals surface area (Å²) >= 11 is 0. The summed E-state index contributed by atoms with van der Waals surface area (Å²) in [6.07, 6.45) is 3.98. The minimum Gasteiger partial charge on any atom is -0.478 e. The standard InChI is InChI=1S/C15H22O4/c1-9-4-5-11(10(2)12(16)17)8-15-13(3,18)6-7-14(9,15)19-15/h9,11,18H,2,4-8H2,1,3H3,(H,16,17). The Bertz CT molecular complexity index is 455. The molecule has 5 unspecified atom stereocenters. The van der Waals surface area contributed by atoms with Gasteiger partial charge in [-0.2, -0.15) is 0 Å². The average molecular weight is 266 g/mol. The maximum atomic E-state index is 11.2. The van der Waals surface area contributed by atoms with E-state index >= 15 is 0 Å². The quantitative estimate of drug-likeness (QED) is 0.593. The third-order valence-electron chi connectivity index (χ3n) is 5.90. The predicted molar refractivity (Wildman–Crippen MR) is 69.7 cm³/mol. The molecule has 1 aliphatic heterocycles. The Hall–Kier alpha value is -0.870. The molecule has 19 heavy (non-hydrogen) atoms. The van der Waals surface area contributed by atoms with Crippen molar-refractivity contribution in [2.75, 3.05) is 0 Å².